The van der Waals surface area contributed by atoms with Crippen LogP contribution in [0.15, 0.2) is 0 Å². The van der Waals surface area contributed by atoms with Crippen LogP contribution in [0.3, 0.4) is 0 Å². The van der Waals surface area contributed by atoms with Gasteiger partial charge in [-0.25, -0.2) is 0 Å². The van der Waals surface area contributed by atoms with Crippen LogP contribution in [0, 0.1) is 11.3 Å². The molecule has 2 aliphatic heterocycles. The van der Waals surface area contributed by atoms with Gasteiger partial charge in [-0.3, -0.25) is 0 Å². The number of hydrogen-bond donors (Lipinski definition) is 1. The summed E-state index contributed by atoms with van der Waals surface area (Å²) in [6.07, 6.45) is 5.52. The smallest absolute Gasteiger partial charge is 0.0246 e. The lowest BCUT2D eigenvalue weighted by Gasteiger charge is -2.47. The largest absolute Gasteiger partial charge is 0.312 e. The highest BCUT2D eigenvalue weighted by Gasteiger charge is 2.35. The Kier molecular flexibility index (Phi) is 3.91. The van der Waals surface area contributed by atoms with E-state index in [2.05, 4.69) is 31.0 Å². The van der Waals surface area contributed by atoms with Crippen LogP contribution >= 0.6 is 0 Å². The summed E-state index contributed by atoms with van der Waals surface area (Å²) in [6, 6.07) is 0.712. The van der Waals surface area contributed by atoms with Gasteiger partial charge in [-0.05, 0) is 37.1 Å². The Morgan fingerprint density at radius 2 is 2.06 bits per heavy atom. The Morgan fingerprint density at radius 1 is 1.31 bits per heavy atom. The van der Waals surface area contributed by atoms with Gasteiger partial charge >= 0.3 is 0 Å². The summed E-state index contributed by atoms with van der Waals surface area (Å²) >= 11 is 0. The van der Waals surface area contributed by atoms with E-state index < -0.39 is 0 Å². The van der Waals surface area contributed by atoms with Crippen LogP contribution in [0.5, 0.6) is 0 Å². The van der Waals surface area contributed by atoms with Gasteiger partial charge in [0, 0.05) is 25.7 Å². The molecule has 0 aromatic rings. The number of rotatable bonds is 4. The quantitative estimate of drug-likeness (QED) is 0.789. The van der Waals surface area contributed by atoms with E-state index in [1.54, 1.807) is 0 Å². The molecule has 2 aliphatic rings. The second kappa shape index (κ2) is 5.05. The molecule has 0 aromatic carbocycles. The Labute approximate surface area is 101 Å². The molecule has 0 radical (unpaired) electrons. The minimum Gasteiger partial charge on any atom is -0.312 e. The fourth-order valence-electron chi connectivity index (χ4n) is 3.26. The lowest BCUT2D eigenvalue weighted by molar-refractivity contribution is 0.0484. The lowest BCUT2D eigenvalue weighted by Crippen LogP contribution is -2.57. The van der Waals surface area contributed by atoms with Crippen LogP contribution in [-0.2, 0) is 0 Å². The molecule has 2 saturated heterocycles. The third-order valence-electron chi connectivity index (χ3n) is 4.50. The first-order chi connectivity index (χ1) is 7.62. The van der Waals surface area contributed by atoms with Crippen molar-refractivity contribution < 1.29 is 0 Å². The molecule has 0 bridgehead atoms. The lowest BCUT2D eigenvalue weighted by atomic mass is 9.77. The molecular formula is C14H28N2. The van der Waals surface area contributed by atoms with Crippen LogP contribution in [0.2, 0.25) is 0 Å². The van der Waals surface area contributed by atoms with E-state index in [9.17, 15) is 0 Å². The molecule has 94 valence electrons. The van der Waals surface area contributed by atoms with E-state index in [-0.39, 0.29) is 0 Å². The van der Waals surface area contributed by atoms with Gasteiger partial charge in [-0.1, -0.05) is 27.2 Å². The Morgan fingerprint density at radius 3 is 2.69 bits per heavy atom. The van der Waals surface area contributed by atoms with Crippen molar-refractivity contribution in [3.8, 4) is 0 Å². The first-order valence-electron chi connectivity index (χ1n) is 7.07. The van der Waals surface area contributed by atoms with Gasteiger partial charge in [-0.15, -0.1) is 0 Å². The van der Waals surface area contributed by atoms with Crippen LogP contribution in [-0.4, -0.2) is 37.1 Å². The van der Waals surface area contributed by atoms with Gasteiger partial charge < -0.3 is 10.2 Å². The highest BCUT2D eigenvalue weighted by Crippen LogP contribution is 2.32. The van der Waals surface area contributed by atoms with Gasteiger partial charge in [0.1, 0.15) is 0 Å². The maximum Gasteiger partial charge on any atom is 0.0246 e. The number of nitrogens with zero attached hydrogens (tertiary/aromatic N) is 1. The topological polar surface area (TPSA) is 15.3 Å². The Hall–Kier alpha value is -0.0800. The van der Waals surface area contributed by atoms with Crippen LogP contribution < -0.4 is 5.32 Å². The normalized spacial score (nSPS) is 31.3. The van der Waals surface area contributed by atoms with Gasteiger partial charge in [0.15, 0.2) is 0 Å². The number of likely N-dealkylation sites (tertiary alicyclic amines) is 1. The van der Waals surface area contributed by atoms with Crippen molar-refractivity contribution in [1.82, 2.24) is 10.2 Å². The first kappa shape index (κ1) is 12.4. The zero-order valence-corrected chi connectivity index (χ0v) is 11.3. The molecule has 16 heavy (non-hydrogen) atoms. The molecule has 2 heteroatoms. The second-order valence-electron chi connectivity index (χ2n) is 6.47. The molecule has 2 nitrogen and oxygen atoms in total. The van der Waals surface area contributed by atoms with Crippen molar-refractivity contribution in [3.05, 3.63) is 0 Å². The highest BCUT2D eigenvalue weighted by atomic mass is 15.2. The minimum atomic E-state index is 0.494. The van der Waals surface area contributed by atoms with Crippen LogP contribution in [0.4, 0.5) is 0 Å². The van der Waals surface area contributed by atoms with E-state index in [4.69, 9.17) is 0 Å². The average molecular weight is 224 g/mol. The van der Waals surface area contributed by atoms with Crippen molar-refractivity contribution in [2.75, 3.05) is 26.2 Å². The molecule has 0 spiro atoms. The summed E-state index contributed by atoms with van der Waals surface area (Å²) in [5, 5.41) is 3.71. The molecule has 0 amide bonds. The molecule has 0 saturated carbocycles. The van der Waals surface area contributed by atoms with E-state index in [1.807, 2.05) is 0 Å². The van der Waals surface area contributed by atoms with E-state index in [1.165, 1.54) is 51.9 Å². The summed E-state index contributed by atoms with van der Waals surface area (Å²) in [5.41, 5.74) is 0.494. The standard InChI is InChI=1S/C14H28N2/c1-4-6-12-9-16(10-12)11-13-14(2,3)7-5-8-15-13/h12-13,15H,4-11H2,1-3H3. The number of nitrogens with one attached hydrogen (secondary N) is 1. The average Bonchev–Trinajstić information content (AvgIpc) is 2.17. The zero-order valence-electron chi connectivity index (χ0n) is 11.3. The molecular weight excluding hydrogens is 196 g/mol. The summed E-state index contributed by atoms with van der Waals surface area (Å²) in [6.45, 7) is 12.3. The van der Waals surface area contributed by atoms with Crippen molar-refractivity contribution >= 4 is 0 Å². The van der Waals surface area contributed by atoms with Crippen molar-refractivity contribution in [2.24, 2.45) is 11.3 Å². The highest BCUT2D eigenvalue weighted by molar-refractivity contribution is 4.92. The van der Waals surface area contributed by atoms with Crippen molar-refractivity contribution in [1.29, 1.82) is 0 Å². The SMILES string of the molecule is CCCC1CN(CC2NCCCC2(C)C)C1. The Balaban J connectivity index is 1.73. The minimum absolute atomic E-state index is 0.494. The summed E-state index contributed by atoms with van der Waals surface area (Å²) in [7, 11) is 0. The maximum atomic E-state index is 3.71. The third-order valence-corrected chi connectivity index (χ3v) is 4.50. The Bertz CT molecular complexity index is 219. The van der Waals surface area contributed by atoms with E-state index in [0.29, 0.717) is 11.5 Å². The number of piperidine rings is 1. The maximum absolute atomic E-state index is 3.71. The van der Waals surface area contributed by atoms with Crippen LogP contribution in [0.1, 0.15) is 46.5 Å². The first-order valence-corrected chi connectivity index (χ1v) is 7.07. The molecule has 0 aromatic heterocycles. The fourth-order valence-corrected chi connectivity index (χ4v) is 3.26. The van der Waals surface area contributed by atoms with Crippen molar-refractivity contribution in [3.63, 3.8) is 0 Å². The molecule has 2 fully saturated rings. The summed E-state index contributed by atoms with van der Waals surface area (Å²) in [5.74, 6) is 0.997. The van der Waals surface area contributed by atoms with Crippen LogP contribution in [0.25, 0.3) is 0 Å². The second-order valence-corrected chi connectivity index (χ2v) is 6.47. The number of hydrogen-bond acceptors (Lipinski definition) is 2. The molecule has 1 N–H and O–H groups in total. The predicted octanol–water partition coefficient (Wildman–Crippen LogP) is 2.50. The van der Waals surface area contributed by atoms with E-state index >= 15 is 0 Å². The predicted molar refractivity (Wildman–Crippen MR) is 69.6 cm³/mol. The monoisotopic (exact) mass is 224 g/mol. The van der Waals surface area contributed by atoms with E-state index in [0.717, 1.165) is 5.92 Å². The van der Waals surface area contributed by atoms with Gasteiger partial charge in [0.2, 0.25) is 0 Å². The summed E-state index contributed by atoms with van der Waals surface area (Å²) in [4.78, 5) is 2.64. The fraction of sp³-hybridized carbons (Fsp3) is 1.00. The zero-order chi connectivity index (χ0) is 11.6. The third kappa shape index (κ3) is 2.78. The molecule has 2 heterocycles. The van der Waals surface area contributed by atoms with Crippen molar-refractivity contribution in [2.45, 2.75) is 52.5 Å². The molecule has 0 aliphatic carbocycles. The molecule has 1 atom stereocenters. The summed E-state index contributed by atoms with van der Waals surface area (Å²) < 4.78 is 0. The van der Waals surface area contributed by atoms with Gasteiger partial charge in [0.25, 0.3) is 0 Å². The van der Waals surface area contributed by atoms with Gasteiger partial charge in [0.05, 0.1) is 0 Å². The van der Waals surface area contributed by atoms with Gasteiger partial charge in [-0.2, -0.15) is 0 Å². The molecule has 1 unspecified atom stereocenters. The molecule has 2 rings (SSSR count).